The van der Waals surface area contributed by atoms with Crippen molar-refractivity contribution in [2.75, 3.05) is 0 Å². The molecule has 2 rings (SSSR count). The standard InChI is InChI=1S/C13H7ClF3NO2/c14-12-5-4-9(7-11(12)13(15,16)17)8-2-1-3-10(6-8)18(19)20/h1-7H. The topological polar surface area (TPSA) is 43.1 Å². The Hall–Kier alpha value is -2.08. The Kier molecular flexibility index (Phi) is 3.67. The number of nitrogens with zero attached hydrogens (tertiary/aromatic N) is 1. The maximum absolute atomic E-state index is 12.8. The largest absolute Gasteiger partial charge is 0.417 e. The number of nitro benzene ring substituents is 1. The number of rotatable bonds is 2. The summed E-state index contributed by atoms with van der Waals surface area (Å²) in [5, 5.41) is 10.3. The van der Waals surface area contributed by atoms with Gasteiger partial charge in [0.1, 0.15) is 0 Å². The lowest BCUT2D eigenvalue weighted by Crippen LogP contribution is -2.05. The minimum absolute atomic E-state index is 0.189. The predicted octanol–water partition coefficient (Wildman–Crippen LogP) is 4.93. The SMILES string of the molecule is O=[N+]([O-])c1cccc(-c2ccc(Cl)c(C(F)(F)F)c2)c1. The summed E-state index contributed by atoms with van der Waals surface area (Å²) in [6.07, 6.45) is -4.58. The summed E-state index contributed by atoms with van der Waals surface area (Å²) in [4.78, 5) is 10.1. The van der Waals surface area contributed by atoms with Crippen molar-refractivity contribution in [3.8, 4) is 11.1 Å². The quantitative estimate of drug-likeness (QED) is 0.583. The summed E-state index contributed by atoms with van der Waals surface area (Å²) in [5.41, 5.74) is -0.624. The second kappa shape index (κ2) is 5.13. The summed E-state index contributed by atoms with van der Waals surface area (Å²) in [5.74, 6) is 0. The van der Waals surface area contributed by atoms with Crippen LogP contribution < -0.4 is 0 Å². The van der Waals surface area contributed by atoms with E-state index in [-0.39, 0.29) is 11.3 Å². The van der Waals surface area contributed by atoms with E-state index < -0.39 is 21.7 Å². The van der Waals surface area contributed by atoms with Crippen molar-refractivity contribution in [1.82, 2.24) is 0 Å². The van der Waals surface area contributed by atoms with Gasteiger partial charge in [-0.05, 0) is 23.3 Å². The number of non-ortho nitro benzene ring substituents is 1. The van der Waals surface area contributed by atoms with Gasteiger partial charge in [-0.2, -0.15) is 13.2 Å². The lowest BCUT2D eigenvalue weighted by atomic mass is 10.0. The molecule has 0 fully saturated rings. The highest BCUT2D eigenvalue weighted by Crippen LogP contribution is 2.37. The third kappa shape index (κ3) is 2.91. The van der Waals surface area contributed by atoms with Crippen LogP contribution in [0, 0.1) is 10.1 Å². The van der Waals surface area contributed by atoms with Gasteiger partial charge >= 0.3 is 6.18 Å². The van der Waals surface area contributed by atoms with Crippen LogP contribution in [0.3, 0.4) is 0 Å². The molecule has 0 bridgehead atoms. The minimum atomic E-state index is -4.58. The van der Waals surface area contributed by atoms with Gasteiger partial charge in [0.15, 0.2) is 0 Å². The molecule has 0 unspecified atom stereocenters. The van der Waals surface area contributed by atoms with Gasteiger partial charge in [0, 0.05) is 12.1 Å². The predicted molar refractivity (Wildman–Crippen MR) is 68.5 cm³/mol. The fourth-order valence-electron chi connectivity index (χ4n) is 1.72. The Balaban J connectivity index is 2.54. The van der Waals surface area contributed by atoms with Crippen molar-refractivity contribution in [3.63, 3.8) is 0 Å². The maximum Gasteiger partial charge on any atom is 0.417 e. The molecule has 0 atom stereocenters. The first-order valence-electron chi connectivity index (χ1n) is 5.40. The van der Waals surface area contributed by atoms with E-state index in [0.29, 0.717) is 5.56 Å². The monoisotopic (exact) mass is 301 g/mol. The van der Waals surface area contributed by atoms with E-state index in [4.69, 9.17) is 11.6 Å². The van der Waals surface area contributed by atoms with Gasteiger partial charge in [0.25, 0.3) is 5.69 Å². The van der Waals surface area contributed by atoms with E-state index in [1.807, 2.05) is 0 Å². The van der Waals surface area contributed by atoms with E-state index in [1.165, 1.54) is 30.3 Å². The van der Waals surface area contributed by atoms with Gasteiger partial charge < -0.3 is 0 Å². The van der Waals surface area contributed by atoms with Crippen LogP contribution in [0.4, 0.5) is 18.9 Å². The molecule has 3 nitrogen and oxygen atoms in total. The Bertz CT molecular complexity index is 671. The summed E-state index contributed by atoms with van der Waals surface area (Å²) < 4.78 is 38.3. The average Bonchev–Trinajstić information content (AvgIpc) is 2.38. The van der Waals surface area contributed by atoms with Crippen LogP contribution in [0.15, 0.2) is 42.5 Å². The molecule has 0 N–H and O–H groups in total. The van der Waals surface area contributed by atoms with Gasteiger partial charge in [-0.1, -0.05) is 29.8 Å². The molecule has 0 aliphatic heterocycles. The smallest absolute Gasteiger partial charge is 0.258 e. The van der Waals surface area contributed by atoms with E-state index >= 15 is 0 Å². The molecule has 2 aromatic carbocycles. The molecule has 0 spiro atoms. The van der Waals surface area contributed by atoms with Crippen molar-refractivity contribution < 1.29 is 18.1 Å². The number of alkyl halides is 3. The summed E-state index contributed by atoms with van der Waals surface area (Å²) in [6.45, 7) is 0. The van der Waals surface area contributed by atoms with Crippen LogP contribution in [0.5, 0.6) is 0 Å². The van der Waals surface area contributed by atoms with Gasteiger partial charge in [0.2, 0.25) is 0 Å². The number of hydrogen-bond donors (Lipinski definition) is 0. The molecule has 0 saturated heterocycles. The van der Waals surface area contributed by atoms with Crippen LogP contribution >= 0.6 is 11.6 Å². The molecule has 7 heteroatoms. The molecular weight excluding hydrogens is 295 g/mol. The van der Waals surface area contributed by atoms with Crippen molar-refractivity contribution in [2.45, 2.75) is 6.18 Å². The van der Waals surface area contributed by atoms with E-state index in [2.05, 4.69) is 0 Å². The molecule has 0 aliphatic rings. The Labute approximate surface area is 116 Å². The number of benzene rings is 2. The Morgan fingerprint density at radius 2 is 1.70 bits per heavy atom. The molecule has 20 heavy (non-hydrogen) atoms. The lowest BCUT2D eigenvalue weighted by Gasteiger charge is -2.11. The van der Waals surface area contributed by atoms with Crippen molar-refractivity contribution in [3.05, 3.63) is 63.2 Å². The number of hydrogen-bond acceptors (Lipinski definition) is 2. The van der Waals surface area contributed by atoms with E-state index in [0.717, 1.165) is 12.1 Å². The molecule has 2 aromatic rings. The van der Waals surface area contributed by atoms with Crippen LogP contribution in [0.2, 0.25) is 5.02 Å². The van der Waals surface area contributed by atoms with Gasteiger partial charge in [0.05, 0.1) is 15.5 Å². The zero-order valence-corrected chi connectivity index (χ0v) is 10.6. The third-order valence-electron chi connectivity index (χ3n) is 2.66. The number of halogens is 4. The highest BCUT2D eigenvalue weighted by Gasteiger charge is 2.33. The molecule has 104 valence electrons. The van der Waals surface area contributed by atoms with Crippen LogP contribution in [-0.4, -0.2) is 4.92 Å². The zero-order valence-electron chi connectivity index (χ0n) is 9.82. The molecule has 0 aromatic heterocycles. The zero-order chi connectivity index (χ0) is 14.9. The first kappa shape index (κ1) is 14.3. The fraction of sp³-hybridized carbons (Fsp3) is 0.0769. The minimum Gasteiger partial charge on any atom is -0.258 e. The summed E-state index contributed by atoms with van der Waals surface area (Å²) in [6, 6.07) is 8.77. The molecular formula is C13H7ClF3NO2. The highest BCUT2D eigenvalue weighted by atomic mass is 35.5. The Morgan fingerprint density at radius 1 is 1.05 bits per heavy atom. The van der Waals surface area contributed by atoms with Crippen LogP contribution in [-0.2, 0) is 6.18 Å². The summed E-state index contributed by atoms with van der Waals surface area (Å²) in [7, 11) is 0. The van der Waals surface area contributed by atoms with Crippen LogP contribution in [0.25, 0.3) is 11.1 Å². The summed E-state index contributed by atoms with van der Waals surface area (Å²) >= 11 is 5.52. The van der Waals surface area contributed by atoms with Crippen molar-refractivity contribution in [2.24, 2.45) is 0 Å². The second-order valence-corrected chi connectivity index (χ2v) is 4.41. The molecule has 0 heterocycles. The van der Waals surface area contributed by atoms with E-state index in [9.17, 15) is 23.3 Å². The fourth-order valence-corrected chi connectivity index (χ4v) is 1.95. The second-order valence-electron chi connectivity index (χ2n) is 4.00. The Morgan fingerprint density at radius 3 is 2.30 bits per heavy atom. The first-order valence-corrected chi connectivity index (χ1v) is 5.78. The van der Waals surface area contributed by atoms with Crippen molar-refractivity contribution >= 4 is 17.3 Å². The van der Waals surface area contributed by atoms with Gasteiger partial charge in [-0.3, -0.25) is 10.1 Å². The molecule has 0 amide bonds. The van der Waals surface area contributed by atoms with Crippen molar-refractivity contribution in [1.29, 1.82) is 0 Å². The van der Waals surface area contributed by atoms with Gasteiger partial charge in [-0.15, -0.1) is 0 Å². The average molecular weight is 302 g/mol. The lowest BCUT2D eigenvalue weighted by molar-refractivity contribution is -0.384. The van der Waals surface area contributed by atoms with Gasteiger partial charge in [-0.25, -0.2) is 0 Å². The van der Waals surface area contributed by atoms with Crippen LogP contribution in [0.1, 0.15) is 5.56 Å². The molecule has 0 saturated carbocycles. The third-order valence-corrected chi connectivity index (χ3v) is 2.99. The maximum atomic E-state index is 12.8. The normalized spacial score (nSPS) is 11.4. The molecule has 0 radical (unpaired) electrons. The highest BCUT2D eigenvalue weighted by molar-refractivity contribution is 6.31. The van der Waals surface area contributed by atoms with E-state index in [1.54, 1.807) is 0 Å². The number of nitro groups is 1. The molecule has 0 aliphatic carbocycles. The first-order chi connectivity index (χ1) is 9.29.